The normalized spacial score (nSPS) is 17.4. The van der Waals surface area contributed by atoms with Crippen molar-refractivity contribution in [1.82, 2.24) is 10.3 Å². The maximum atomic E-state index is 4.62. The van der Waals surface area contributed by atoms with Crippen LogP contribution in [0.25, 0.3) is 0 Å². The van der Waals surface area contributed by atoms with E-state index in [0.29, 0.717) is 0 Å². The summed E-state index contributed by atoms with van der Waals surface area (Å²) in [4.78, 5) is 4.62. The van der Waals surface area contributed by atoms with Gasteiger partial charge in [-0.3, -0.25) is 0 Å². The largest absolute Gasteiger partial charge is 0.314 e. The molecule has 1 aromatic heterocycles. The van der Waals surface area contributed by atoms with Crippen molar-refractivity contribution in [3.05, 3.63) is 16.1 Å². The van der Waals surface area contributed by atoms with E-state index in [9.17, 15) is 0 Å². The van der Waals surface area contributed by atoms with Gasteiger partial charge >= 0.3 is 0 Å². The van der Waals surface area contributed by atoms with E-state index in [0.717, 1.165) is 12.5 Å². The minimum Gasteiger partial charge on any atom is -0.314 e. The number of nitrogens with zero attached hydrogens (tertiary/aromatic N) is 1. The zero-order valence-corrected chi connectivity index (χ0v) is 10.3. The Morgan fingerprint density at radius 1 is 1.47 bits per heavy atom. The van der Waals surface area contributed by atoms with Gasteiger partial charge in [-0.1, -0.05) is 25.7 Å². The Bertz CT molecular complexity index is 290. The third-order valence-electron chi connectivity index (χ3n) is 3.21. The molecule has 0 aromatic carbocycles. The van der Waals surface area contributed by atoms with Gasteiger partial charge in [0.15, 0.2) is 0 Å². The van der Waals surface area contributed by atoms with Crippen molar-refractivity contribution >= 4 is 11.3 Å². The molecule has 84 valence electrons. The van der Waals surface area contributed by atoms with Crippen molar-refractivity contribution in [3.8, 4) is 0 Å². The average Bonchev–Trinajstić information content (AvgIpc) is 2.85. The van der Waals surface area contributed by atoms with Gasteiger partial charge in [0.1, 0.15) is 5.01 Å². The molecule has 0 unspecified atom stereocenters. The number of aromatic nitrogens is 1. The van der Waals surface area contributed by atoms with Gasteiger partial charge < -0.3 is 5.32 Å². The first-order valence-corrected chi connectivity index (χ1v) is 6.84. The summed E-state index contributed by atoms with van der Waals surface area (Å²) in [5, 5.41) is 6.59. The second kappa shape index (κ2) is 5.61. The van der Waals surface area contributed by atoms with Crippen LogP contribution < -0.4 is 5.32 Å². The van der Waals surface area contributed by atoms with Crippen LogP contribution in [0.15, 0.2) is 5.38 Å². The fourth-order valence-electron chi connectivity index (χ4n) is 2.35. The fourth-order valence-corrected chi connectivity index (χ4v) is 3.19. The molecule has 3 heteroatoms. The van der Waals surface area contributed by atoms with Gasteiger partial charge in [-0.05, 0) is 25.8 Å². The van der Waals surface area contributed by atoms with Gasteiger partial charge in [-0.15, -0.1) is 11.3 Å². The number of aryl methyl sites for hydroxylation is 1. The monoisotopic (exact) mass is 224 g/mol. The summed E-state index contributed by atoms with van der Waals surface area (Å²) >= 11 is 1.78. The Morgan fingerprint density at radius 3 is 3.00 bits per heavy atom. The van der Waals surface area contributed by atoms with Crippen molar-refractivity contribution in [2.45, 2.75) is 45.1 Å². The lowest BCUT2D eigenvalue weighted by Gasteiger charge is -2.05. The van der Waals surface area contributed by atoms with Crippen molar-refractivity contribution in [2.75, 3.05) is 7.05 Å². The Kier molecular flexibility index (Phi) is 4.15. The molecule has 1 saturated carbocycles. The summed E-state index contributed by atoms with van der Waals surface area (Å²) in [6, 6.07) is 0. The molecule has 0 atom stereocenters. The summed E-state index contributed by atoms with van der Waals surface area (Å²) in [6.45, 7) is 0.911. The van der Waals surface area contributed by atoms with E-state index in [2.05, 4.69) is 15.7 Å². The minimum atomic E-state index is 0.911. The molecule has 1 fully saturated rings. The van der Waals surface area contributed by atoms with Gasteiger partial charge in [0, 0.05) is 11.9 Å². The summed E-state index contributed by atoms with van der Waals surface area (Å²) in [6.07, 6.45) is 8.34. The SMILES string of the molecule is CNCc1nc(CCC2CCCC2)cs1. The van der Waals surface area contributed by atoms with Crippen LogP contribution in [0.2, 0.25) is 0 Å². The van der Waals surface area contributed by atoms with Crippen molar-refractivity contribution in [1.29, 1.82) is 0 Å². The molecule has 0 amide bonds. The lowest BCUT2D eigenvalue weighted by molar-refractivity contribution is 0.501. The van der Waals surface area contributed by atoms with Crippen LogP contribution in [0, 0.1) is 5.92 Å². The lowest BCUT2D eigenvalue weighted by Crippen LogP contribution is -2.04. The summed E-state index contributed by atoms with van der Waals surface area (Å²) < 4.78 is 0. The number of rotatable bonds is 5. The molecule has 0 spiro atoms. The molecule has 0 radical (unpaired) electrons. The number of thiazole rings is 1. The highest BCUT2D eigenvalue weighted by molar-refractivity contribution is 7.09. The maximum absolute atomic E-state index is 4.62. The summed E-state index contributed by atoms with van der Waals surface area (Å²) in [5.41, 5.74) is 1.30. The van der Waals surface area contributed by atoms with E-state index in [1.54, 1.807) is 11.3 Å². The fraction of sp³-hybridized carbons (Fsp3) is 0.750. The molecular formula is C12H20N2S. The van der Waals surface area contributed by atoms with Gasteiger partial charge in [-0.2, -0.15) is 0 Å². The van der Waals surface area contributed by atoms with E-state index < -0.39 is 0 Å². The third kappa shape index (κ3) is 3.28. The van der Waals surface area contributed by atoms with Crippen LogP contribution in [0.5, 0.6) is 0 Å². The quantitative estimate of drug-likeness (QED) is 0.831. The topological polar surface area (TPSA) is 24.9 Å². The Morgan fingerprint density at radius 2 is 2.27 bits per heavy atom. The third-order valence-corrected chi connectivity index (χ3v) is 4.11. The summed E-state index contributed by atoms with van der Waals surface area (Å²) in [7, 11) is 1.97. The zero-order chi connectivity index (χ0) is 10.5. The first kappa shape index (κ1) is 11.1. The molecule has 0 aliphatic heterocycles. The molecule has 0 bridgehead atoms. The van der Waals surface area contributed by atoms with Crippen molar-refractivity contribution in [3.63, 3.8) is 0 Å². The molecular weight excluding hydrogens is 204 g/mol. The Hall–Kier alpha value is -0.410. The van der Waals surface area contributed by atoms with Crippen LogP contribution >= 0.6 is 11.3 Å². The highest BCUT2D eigenvalue weighted by atomic mass is 32.1. The van der Waals surface area contributed by atoms with E-state index >= 15 is 0 Å². The van der Waals surface area contributed by atoms with Gasteiger partial charge in [0.25, 0.3) is 0 Å². The smallest absolute Gasteiger partial charge is 0.107 e. The average molecular weight is 224 g/mol. The molecule has 15 heavy (non-hydrogen) atoms. The lowest BCUT2D eigenvalue weighted by atomic mass is 10.0. The number of nitrogens with one attached hydrogen (secondary N) is 1. The van der Waals surface area contributed by atoms with Crippen LogP contribution in [0.3, 0.4) is 0 Å². The molecule has 2 nitrogen and oxygen atoms in total. The van der Waals surface area contributed by atoms with E-state index in [-0.39, 0.29) is 0 Å². The summed E-state index contributed by atoms with van der Waals surface area (Å²) in [5.74, 6) is 0.986. The number of hydrogen-bond donors (Lipinski definition) is 1. The van der Waals surface area contributed by atoms with Gasteiger partial charge in [0.05, 0.1) is 5.69 Å². The van der Waals surface area contributed by atoms with Crippen molar-refractivity contribution in [2.24, 2.45) is 5.92 Å². The highest BCUT2D eigenvalue weighted by Gasteiger charge is 2.15. The van der Waals surface area contributed by atoms with Crippen LogP contribution in [0.4, 0.5) is 0 Å². The van der Waals surface area contributed by atoms with Gasteiger partial charge in [0.2, 0.25) is 0 Å². The Balaban J connectivity index is 1.77. The first-order chi connectivity index (χ1) is 7.38. The molecule has 1 aliphatic carbocycles. The minimum absolute atomic E-state index is 0.911. The van der Waals surface area contributed by atoms with Crippen LogP contribution in [0.1, 0.15) is 42.8 Å². The second-order valence-corrected chi connectivity index (χ2v) is 5.39. The standard InChI is InChI=1S/C12H20N2S/c1-13-8-12-14-11(9-15-12)7-6-10-4-2-3-5-10/h9-10,13H,2-8H2,1H3. The molecule has 1 aliphatic rings. The number of hydrogen-bond acceptors (Lipinski definition) is 3. The first-order valence-electron chi connectivity index (χ1n) is 5.96. The molecule has 1 N–H and O–H groups in total. The molecule has 1 heterocycles. The molecule has 1 aromatic rings. The highest BCUT2D eigenvalue weighted by Crippen LogP contribution is 2.28. The van der Waals surface area contributed by atoms with E-state index in [1.807, 2.05) is 7.05 Å². The molecule has 2 rings (SSSR count). The van der Waals surface area contributed by atoms with E-state index in [4.69, 9.17) is 0 Å². The van der Waals surface area contributed by atoms with Crippen molar-refractivity contribution < 1.29 is 0 Å². The van der Waals surface area contributed by atoms with Crippen LogP contribution in [-0.4, -0.2) is 12.0 Å². The molecule has 0 saturated heterocycles. The second-order valence-electron chi connectivity index (χ2n) is 4.45. The maximum Gasteiger partial charge on any atom is 0.107 e. The zero-order valence-electron chi connectivity index (χ0n) is 9.46. The predicted molar refractivity (Wildman–Crippen MR) is 65.2 cm³/mol. The van der Waals surface area contributed by atoms with E-state index in [1.165, 1.54) is 49.2 Å². The van der Waals surface area contributed by atoms with Crippen LogP contribution in [-0.2, 0) is 13.0 Å². The van der Waals surface area contributed by atoms with Gasteiger partial charge in [-0.25, -0.2) is 4.98 Å². The Labute approximate surface area is 96.1 Å². The predicted octanol–water partition coefficient (Wildman–Crippen LogP) is 2.99.